The summed E-state index contributed by atoms with van der Waals surface area (Å²) in [6, 6.07) is 9.67. The molecule has 0 radical (unpaired) electrons. The molecule has 136 valence electrons. The summed E-state index contributed by atoms with van der Waals surface area (Å²) in [4.78, 5) is 0. The lowest BCUT2D eigenvalue weighted by molar-refractivity contribution is 0.171. The molecule has 0 saturated carbocycles. The van der Waals surface area contributed by atoms with E-state index in [1.165, 1.54) is 0 Å². The smallest absolute Gasteiger partial charge is 0.284 e. The molecule has 4 nitrogen and oxygen atoms in total. The van der Waals surface area contributed by atoms with Gasteiger partial charge in [0.05, 0.1) is 12.3 Å². The van der Waals surface area contributed by atoms with Gasteiger partial charge in [-0.25, -0.2) is 0 Å². The molecule has 0 fully saturated rings. The van der Waals surface area contributed by atoms with Gasteiger partial charge in [0.25, 0.3) is 5.76 Å². The Bertz CT molecular complexity index is 693. The summed E-state index contributed by atoms with van der Waals surface area (Å²) in [5.41, 5.74) is 1.12. The third-order valence-electron chi connectivity index (χ3n) is 3.97. The van der Waals surface area contributed by atoms with Gasteiger partial charge in [-0.3, -0.25) is 0 Å². The number of ether oxygens (including phenoxy) is 2. The molecule has 1 aliphatic heterocycles. The van der Waals surface area contributed by atoms with Gasteiger partial charge in [-0.05, 0) is 36.2 Å². The highest BCUT2D eigenvalue weighted by molar-refractivity contribution is 7.98. The maximum atomic E-state index is 12.2. The van der Waals surface area contributed by atoms with Crippen molar-refractivity contribution in [1.82, 2.24) is 5.32 Å². The molecule has 1 aromatic carbocycles. The van der Waals surface area contributed by atoms with Gasteiger partial charge in [-0.15, -0.1) is 0 Å². The van der Waals surface area contributed by atoms with Crippen LogP contribution in [0.5, 0.6) is 11.5 Å². The average molecular weight is 369 g/mol. The van der Waals surface area contributed by atoms with Crippen LogP contribution in [0.25, 0.3) is 0 Å². The van der Waals surface area contributed by atoms with Crippen molar-refractivity contribution in [3.8, 4) is 11.5 Å². The first-order valence-electron chi connectivity index (χ1n) is 8.26. The SMILES string of the molecule is CCC(NCc1ccc(CSC(F)F)o1)c1ccc2c(c1)OCCO2. The second-order valence-electron chi connectivity index (χ2n) is 5.68. The van der Waals surface area contributed by atoms with E-state index in [9.17, 15) is 8.78 Å². The van der Waals surface area contributed by atoms with E-state index >= 15 is 0 Å². The number of benzene rings is 1. The maximum Gasteiger partial charge on any atom is 0.284 e. The molecule has 2 aromatic rings. The molecule has 1 atom stereocenters. The van der Waals surface area contributed by atoms with E-state index < -0.39 is 5.76 Å². The van der Waals surface area contributed by atoms with Crippen molar-refractivity contribution in [2.75, 3.05) is 13.2 Å². The third-order valence-corrected chi connectivity index (χ3v) is 4.67. The Morgan fingerprint density at radius 2 is 1.84 bits per heavy atom. The van der Waals surface area contributed by atoms with Crippen LogP contribution in [0, 0.1) is 0 Å². The highest BCUT2D eigenvalue weighted by Crippen LogP contribution is 2.33. The minimum absolute atomic E-state index is 0.139. The monoisotopic (exact) mass is 369 g/mol. The summed E-state index contributed by atoms with van der Waals surface area (Å²) in [5, 5.41) is 3.44. The zero-order chi connectivity index (χ0) is 17.6. The Kier molecular flexibility index (Phi) is 6.20. The van der Waals surface area contributed by atoms with Crippen molar-refractivity contribution in [2.24, 2.45) is 0 Å². The Morgan fingerprint density at radius 1 is 1.08 bits per heavy atom. The number of furan rings is 1. The van der Waals surface area contributed by atoms with E-state index in [0.717, 1.165) is 29.2 Å². The van der Waals surface area contributed by atoms with Crippen LogP contribution in [0.2, 0.25) is 0 Å². The van der Waals surface area contributed by atoms with E-state index in [1.807, 2.05) is 24.3 Å². The minimum atomic E-state index is -2.38. The normalized spacial score (nSPS) is 14.7. The third kappa shape index (κ3) is 4.89. The van der Waals surface area contributed by atoms with Crippen LogP contribution in [0.15, 0.2) is 34.7 Å². The summed E-state index contributed by atoms with van der Waals surface area (Å²) in [5.74, 6) is 0.642. The first kappa shape index (κ1) is 18.1. The standard InChI is InChI=1S/C18H21F2NO3S/c1-2-15(12-3-6-16-17(9-12)23-8-7-22-16)21-10-13-4-5-14(24-13)11-25-18(19)20/h3-6,9,15,18,21H,2,7-8,10-11H2,1H3. The van der Waals surface area contributed by atoms with Crippen molar-refractivity contribution >= 4 is 11.8 Å². The summed E-state index contributed by atoms with van der Waals surface area (Å²) >= 11 is 0.563. The Labute approximate surface area is 149 Å². The number of halogens is 2. The average Bonchev–Trinajstić information content (AvgIpc) is 3.08. The molecule has 0 spiro atoms. The second kappa shape index (κ2) is 8.58. The molecular formula is C18H21F2NO3S. The molecular weight excluding hydrogens is 348 g/mol. The van der Waals surface area contributed by atoms with Crippen molar-refractivity contribution < 1.29 is 22.7 Å². The van der Waals surface area contributed by atoms with Gasteiger partial charge in [0.2, 0.25) is 0 Å². The number of fused-ring (bicyclic) bond motifs is 1. The molecule has 3 rings (SSSR count). The lowest BCUT2D eigenvalue weighted by atomic mass is 10.0. The van der Waals surface area contributed by atoms with Gasteiger partial charge in [0.1, 0.15) is 24.7 Å². The molecule has 0 saturated heterocycles. The predicted octanol–water partition coefficient (Wildman–Crippen LogP) is 4.75. The molecule has 0 amide bonds. The number of thioether (sulfide) groups is 1. The van der Waals surface area contributed by atoms with Gasteiger partial charge >= 0.3 is 0 Å². The van der Waals surface area contributed by atoms with E-state index in [2.05, 4.69) is 12.2 Å². The largest absolute Gasteiger partial charge is 0.486 e. The van der Waals surface area contributed by atoms with Crippen molar-refractivity contribution in [1.29, 1.82) is 0 Å². The summed E-state index contributed by atoms with van der Waals surface area (Å²) in [6.45, 7) is 3.77. The van der Waals surface area contributed by atoms with Crippen LogP contribution in [0.4, 0.5) is 8.78 Å². The maximum absolute atomic E-state index is 12.2. The zero-order valence-electron chi connectivity index (χ0n) is 14.0. The fraction of sp³-hybridized carbons (Fsp3) is 0.444. The van der Waals surface area contributed by atoms with Gasteiger partial charge in [0.15, 0.2) is 11.5 Å². The number of hydrogen-bond acceptors (Lipinski definition) is 5. The predicted molar refractivity (Wildman–Crippen MR) is 93.3 cm³/mol. The molecule has 0 aliphatic carbocycles. The van der Waals surface area contributed by atoms with Crippen LogP contribution in [-0.4, -0.2) is 19.0 Å². The Morgan fingerprint density at radius 3 is 2.60 bits per heavy atom. The fourth-order valence-electron chi connectivity index (χ4n) is 2.74. The molecule has 1 aromatic heterocycles. The summed E-state index contributed by atoms with van der Waals surface area (Å²) in [7, 11) is 0. The highest BCUT2D eigenvalue weighted by atomic mass is 32.2. The van der Waals surface area contributed by atoms with Gasteiger partial charge in [-0.1, -0.05) is 24.8 Å². The minimum Gasteiger partial charge on any atom is -0.486 e. The van der Waals surface area contributed by atoms with Crippen molar-refractivity contribution in [2.45, 2.75) is 37.4 Å². The molecule has 7 heteroatoms. The quantitative estimate of drug-likeness (QED) is 0.728. The Balaban J connectivity index is 1.59. The lowest BCUT2D eigenvalue weighted by Gasteiger charge is -2.22. The fourth-order valence-corrected chi connectivity index (χ4v) is 3.18. The number of rotatable bonds is 8. The van der Waals surface area contributed by atoms with Crippen molar-refractivity contribution in [3.05, 3.63) is 47.4 Å². The number of nitrogens with one attached hydrogen (secondary N) is 1. The second-order valence-corrected chi connectivity index (χ2v) is 6.66. The van der Waals surface area contributed by atoms with E-state index in [4.69, 9.17) is 13.9 Å². The van der Waals surface area contributed by atoms with E-state index in [-0.39, 0.29) is 11.8 Å². The molecule has 2 heterocycles. The van der Waals surface area contributed by atoms with Crippen LogP contribution in [-0.2, 0) is 12.3 Å². The molecule has 1 N–H and O–H groups in total. The molecule has 1 unspecified atom stereocenters. The first-order valence-corrected chi connectivity index (χ1v) is 9.31. The van der Waals surface area contributed by atoms with E-state index in [0.29, 0.717) is 37.3 Å². The molecule has 25 heavy (non-hydrogen) atoms. The topological polar surface area (TPSA) is 43.6 Å². The molecule has 1 aliphatic rings. The lowest BCUT2D eigenvalue weighted by Crippen LogP contribution is -2.21. The van der Waals surface area contributed by atoms with Gasteiger partial charge in [-0.2, -0.15) is 8.78 Å². The van der Waals surface area contributed by atoms with Crippen LogP contribution >= 0.6 is 11.8 Å². The number of hydrogen-bond donors (Lipinski definition) is 1. The van der Waals surface area contributed by atoms with Crippen molar-refractivity contribution in [3.63, 3.8) is 0 Å². The highest BCUT2D eigenvalue weighted by Gasteiger charge is 2.16. The van der Waals surface area contributed by atoms with Crippen LogP contribution in [0.1, 0.15) is 36.5 Å². The Hall–Kier alpha value is -1.73. The summed E-state index contributed by atoms with van der Waals surface area (Å²) in [6.07, 6.45) is 0.897. The van der Waals surface area contributed by atoms with Crippen LogP contribution in [0.3, 0.4) is 0 Å². The zero-order valence-corrected chi connectivity index (χ0v) is 14.8. The summed E-state index contributed by atoms with van der Waals surface area (Å²) < 4.78 is 41.2. The van der Waals surface area contributed by atoms with Crippen LogP contribution < -0.4 is 14.8 Å². The first-order chi connectivity index (χ1) is 12.2. The number of alkyl halides is 2. The molecule has 0 bridgehead atoms. The van der Waals surface area contributed by atoms with Gasteiger partial charge < -0.3 is 19.2 Å². The van der Waals surface area contributed by atoms with Gasteiger partial charge in [0, 0.05) is 6.04 Å². The van der Waals surface area contributed by atoms with E-state index in [1.54, 1.807) is 6.07 Å².